The lowest BCUT2D eigenvalue weighted by Crippen LogP contribution is -2.37. The van der Waals surface area contributed by atoms with E-state index < -0.39 is 0 Å². The van der Waals surface area contributed by atoms with Gasteiger partial charge < -0.3 is 0 Å². The average molecular weight is 471 g/mol. The normalized spacial score (nSPS) is 17.5. The van der Waals surface area contributed by atoms with Crippen LogP contribution < -0.4 is 11.1 Å². The zero-order valence-electron chi connectivity index (χ0n) is 21.4. The van der Waals surface area contributed by atoms with Crippen LogP contribution in [-0.4, -0.2) is 40.0 Å². The third kappa shape index (κ3) is 4.75. The summed E-state index contributed by atoms with van der Waals surface area (Å²) in [5.74, 6) is 1.78. The molecule has 0 radical (unpaired) electrons. The van der Waals surface area contributed by atoms with Gasteiger partial charge in [0.1, 0.15) is 11.6 Å². The molecule has 0 spiro atoms. The van der Waals surface area contributed by atoms with Crippen LogP contribution in [-0.2, 0) is 46.2 Å². The zero-order valence-corrected chi connectivity index (χ0v) is 21.4. The Morgan fingerprint density at radius 2 is 1.26 bits per heavy atom. The van der Waals surface area contributed by atoms with Crippen LogP contribution >= 0.6 is 0 Å². The van der Waals surface area contributed by atoms with Gasteiger partial charge in [-0.05, 0) is 54.9 Å². The minimum absolute atomic E-state index is 0. The lowest BCUT2D eigenvalue weighted by atomic mass is 10.1. The van der Waals surface area contributed by atoms with E-state index in [9.17, 15) is 9.59 Å². The van der Waals surface area contributed by atoms with Crippen molar-refractivity contribution in [3.8, 4) is 0 Å². The van der Waals surface area contributed by atoms with Crippen LogP contribution in [0.25, 0.3) is 0 Å². The number of hydrogen-bond donors (Lipinski definition) is 0. The highest BCUT2D eigenvalue weighted by atomic mass is 16.1. The number of fused-ring (bicyclic) bond motifs is 3. The third-order valence-electron chi connectivity index (χ3n) is 7.18. The van der Waals surface area contributed by atoms with Gasteiger partial charge in [-0.1, -0.05) is 7.43 Å². The molecule has 2 aromatic heterocycles. The Morgan fingerprint density at radius 1 is 0.765 bits per heavy atom. The van der Waals surface area contributed by atoms with Gasteiger partial charge in [0.15, 0.2) is 0 Å². The molecule has 8 heteroatoms. The molecule has 0 bridgehead atoms. The smallest absolute Gasteiger partial charge is 0.258 e. The predicted octanol–water partition coefficient (Wildman–Crippen LogP) is 3.14. The molecule has 3 aliphatic heterocycles. The first-order valence-corrected chi connectivity index (χ1v) is 11.9. The number of rotatable bonds is 0. The van der Waals surface area contributed by atoms with Gasteiger partial charge in [-0.25, -0.2) is 9.97 Å². The van der Waals surface area contributed by atoms with Crippen molar-refractivity contribution in [2.45, 2.75) is 113 Å². The Labute approximate surface area is 203 Å². The first-order chi connectivity index (χ1) is 15.3. The predicted molar refractivity (Wildman–Crippen MR) is 136 cm³/mol. The molecular formula is C26H42N6O2. The molecule has 0 aromatic carbocycles. The third-order valence-corrected chi connectivity index (χ3v) is 7.18. The molecule has 8 nitrogen and oxygen atoms in total. The second-order valence-corrected chi connectivity index (χ2v) is 11.5. The Kier molecular flexibility index (Phi) is 6.99. The summed E-state index contributed by atoms with van der Waals surface area (Å²) in [5.41, 5.74) is 4.24. The van der Waals surface area contributed by atoms with Crippen molar-refractivity contribution in [2.75, 3.05) is 0 Å². The van der Waals surface area contributed by atoms with Crippen molar-refractivity contribution >= 4 is 0 Å². The van der Waals surface area contributed by atoms with Crippen molar-refractivity contribution in [1.82, 2.24) is 28.9 Å². The maximum atomic E-state index is 12.3. The van der Waals surface area contributed by atoms with E-state index in [0.29, 0.717) is 0 Å². The van der Waals surface area contributed by atoms with Gasteiger partial charge in [-0.15, -0.1) is 0 Å². The number of aryl methyl sites for hydroxylation is 2. The lowest BCUT2D eigenvalue weighted by molar-refractivity contribution is 0.135. The molecule has 0 saturated carbocycles. The van der Waals surface area contributed by atoms with Crippen LogP contribution in [0.3, 0.4) is 0 Å². The summed E-state index contributed by atoms with van der Waals surface area (Å²) in [6, 6.07) is 0. The SMILES string of the molecule is C.CC(C)(C)N1Cc2nc3n(c(=O)c2C1)CCC3.Cc1nc2c(c(=O)n1C)CN(C(C)(C)C)C2. The fourth-order valence-corrected chi connectivity index (χ4v) is 4.70. The standard InChI is InChI=1S/C13H19N3O.C12H19N3O.CH4/c1-13(2,3)15-7-9-10(8-15)14-11-5-4-6-16(11)12(9)17;1-8-13-10-7-15(12(2,3)4)6-9(10)11(16)14(8)5;/h4-8H2,1-3H3;6-7H2,1-5H3;1H4. The summed E-state index contributed by atoms with van der Waals surface area (Å²) in [5, 5.41) is 0. The fraction of sp³-hybridized carbons (Fsp3) is 0.692. The Morgan fingerprint density at radius 3 is 1.79 bits per heavy atom. The van der Waals surface area contributed by atoms with Crippen LogP contribution in [0.15, 0.2) is 9.59 Å². The van der Waals surface area contributed by atoms with Crippen LogP contribution in [0.1, 0.15) is 89.6 Å². The van der Waals surface area contributed by atoms with E-state index in [0.717, 1.165) is 79.7 Å². The van der Waals surface area contributed by atoms with E-state index in [-0.39, 0.29) is 29.6 Å². The van der Waals surface area contributed by atoms with Crippen molar-refractivity contribution in [2.24, 2.45) is 7.05 Å². The van der Waals surface area contributed by atoms with Gasteiger partial charge in [-0.3, -0.25) is 28.5 Å². The van der Waals surface area contributed by atoms with E-state index in [4.69, 9.17) is 0 Å². The molecule has 0 unspecified atom stereocenters. The van der Waals surface area contributed by atoms with E-state index in [1.54, 1.807) is 11.6 Å². The van der Waals surface area contributed by atoms with Crippen LogP contribution in [0, 0.1) is 6.92 Å². The molecule has 2 aromatic rings. The van der Waals surface area contributed by atoms with Crippen LogP contribution in [0.5, 0.6) is 0 Å². The topological polar surface area (TPSA) is 76.3 Å². The summed E-state index contributed by atoms with van der Waals surface area (Å²) in [6.07, 6.45) is 2.02. The molecule has 188 valence electrons. The molecule has 5 rings (SSSR count). The van der Waals surface area contributed by atoms with E-state index in [1.165, 1.54) is 0 Å². The second kappa shape index (κ2) is 9.04. The summed E-state index contributed by atoms with van der Waals surface area (Å²) in [7, 11) is 1.78. The molecule has 0 atom stereocenters. The van der Waals surface area contributed by atoms with Crippen molar-refractivity contribution in [3.05, 3.63) is 54.9 Å². The fourth-order valence-electron chi connectivity index (χ4n) is 4.70. The van der Waals surface area contributed by atoms with Gasteiger partial charge >= 0.3 is 0 Å². The lowest BCUT2D eigenvalue weighted by Gasteiger charge is -2.30. The first-order valence-electron chi connectivity index (χ1n) is 11.9. The molecule has 0 saturated heterocycles. The number of hydrogen-bond acceptors (Lipinski definition) is 6. The second-order valence-electron chi connectivity index (χ2n) is 11.5. The van der Waals surface area contributed by atoms with E-state index in [2.05, 4.69) is 61.3 Å². The van der Waals surface area contributed by atoms with Gasteiger partial charge in [0, 0.05) is 57.3 Å². The van der Waals surface area contributed by atoms with Gasteiger partial charge in [-0.2, -0.15) is 0 Å². The van der Waals surface area contributed by atoms with Crippen molar-refractivity contribution in [1.29, 1.82) is 0 Å². The monoisotopic (exact) mass is 470 g/mol. The maximum Gasteiger partial charge on any atom is 0.258 e. The molecule has 0 aliphatic carbocycles. The quantitative estimate of drug-likeness (QED) is 0.589. The molecule has 5 heterocycles. The van der Waals surface area contributed by atoms with Crippen LogP contribution in [0.4, 0.5) is 0 Å². The van der Waals surface area contributed by atoms with Crippen molar-refractivity contribution in [3.63, 3.8) is 0 Å². The highest BCUT2D eigenvalue weighted by molar-refractivity contribution is 5.25. The minimum Gasteiger partial charge on any atom is -0.300 e. The highest BCUT2D eigenvalue weighted by Crippen LogP contribution is 2.27. The summed E-state index contributed by atoms with van der Waals surface area (Å²) in [6.45, 7) is 18.9. The minimum atomic E-state index is 0. The first kappa shape index (κ1) is 26.3. The Hall–Kier alpha value is -2.32. The largest absolute Gasteiger partial charge is 0.300 e. The van der Waals surface area contributed by atoms with E-state index in [1.807, 2.05) is 11.5 Å². The van der Waals surface area contributed by atoms with Gasteiger partial charge in [0.25, 0.3) is 11.1 Å². The summed E-state index contributed by atoms with van der Waals surface area (Å²) < 4.78 is 3.50. The molecule has 0 fully saturated rings. The average Bonchev–Trinajstić information content (AvgIpc) is 3.43. The van der Waals surface area contributed by atoms with Gasteiger partial charge in [0.2, 0.25) is 0 Å². The Bertz CT molecular complexity index is 1200. The molecule has 34 heavy (non-hydrogen) atoms. The summed E-state index contributed by atoms with van der Waals surface area (Å²) in [4.78, 5) is 38.2. The Balaban J connectivity index is 0.000000186. The molecular weight excluding hydrogens is 428 g/mol. The maximum absolute atomic E-state index is 12.3. The number of nitrogens with zero attached hydrogens (tertiary/aromatic N) is 6. The van der Waals surface area contributed by atoms with Crippen molar-refractivity contribution < 1.29 is 0 Å². The van der Waals surface area contributed by atoms with E-state index >= 15 is 0 Å². The highest BCUT2D eigenvalue weighted by Gasteiger charge is 2.33. The molecule has 0 N–H and O–H groups in total. The molecule has 3 aliphatic rings. The zero-order chi connectivity index (χ0) is 24.3. The number of aromatic nitrogens is 4. The molecule has 0 amide bonds. The van der Waals surface area contributed by atoms with Gasteiger partial charge in [0.05, 0.1) is 22.5 Å². The summed E-state index contributed by atoms with van der Waals surface area (Å²) >= 11 is 0. The van der Waals surface area contributed by atoms with Crippen LogP contribution in [0.2, 0.25) is 0 Å².